The van der Waals surface area contributed by atoms with E-state index in [1.807, 2.05) is 55.3 Å². The highest BCUT2D eigenvalue weighted by Crippen LogP contribution is 2.32. The Morgan fingerprint density at radius 3 is 2.63 bits per heavy atom. The van der Waals surface area contributed by atoms with E-state index in [4.69, 9.17) is 4.42 Å². The Labute approximate surface area is 218 Å². The third-order valence-corrected chi connectivity index (χ3v) is 6.88. The monoisotopic (exact) mass is 506 g/mol. The van der Waals surface area contributed by atoms with E-state index >= 15 is 0 Å². The summed E-state index contributed by atoms with van der Waals surface area (Å²) in [6.07, 6.45) is 6.84. The fraction of sp³-hybridized carbons (Fsp3) is 0.207. The number of pyridine rings is 2. The van der Waals surface area contributed by atoms with Gasteiger partial charge in [-0.15, -0.1) is 0 Å². The second-order valence-electron chi connectivity index (χ2n) is 9.39. The van der Waals surface area contributed by atoms with Crippen LogP contribution >= 0.6 is 0 Å². The van der Waals surface area contributed by atoms with Gasteiger partial charge in [-0.3, -0.25) is 14.6 Å². The van der Waals surface area contributed by atoms with Crippen molar-refractivity contribution in [2.24, 2.45) is 0 Å². The molecule has 1 saturated heterocycles. The average molecular weight is 507 g/mol. The van der Waals surface area contributed by atoms with Gasteiger partial charge in [0.05, 0.1) is 12.2 Å². The molecule has 38 heavy (non-hydrogen) atoms. The number of nitrogens with zero attached hydrogens (tertiary/aromatic N) is 4. The van der Waals surface area contributed by atoms with Crippen molar-refractivity contribution in [3.05, 3.63) is 84.1 Å². The number of aryl methyl sites for hydroxylation is 2. The molecule has 4 aromatic heterocycles. The van der Waals surface area contributed by atoms with Crippen molar-refractivity contribution < 1.29 is 14.0 Å². The predicted molar refractivity (Wildman–Crippen MR) is 143 cm³/mol. The van der Waals surface area contributed by atoms with Crippen LogP contribution in [0.2, 0.25) is 0 Å². The van der Waals surface area contributed by atoms with Gasteiger partial charge in [0.25, 0.3) is 5.91 Å². The molecule has 1 aliphatic heterocycles. The van der Waals surface area contributed by atoms with E-state index in [2.05, 4.69) is 31.3 Å². The van der Waals surface area contributed by atoms with E-state index < -0.39 is 0 Å². The molecule has 5 heterocycles. The maximum atomic E-state index is 12.8. The van der Waals surface area contributed by atoms with Gasteiger partial charge >= 0.3 is 0 Å². The van der Waals surface area contributed by atoms with Gasteiger partial charge in [-0.25, -0.2) is 9.97 Å². The van der Waals surface area contributed by atoms with Crippen LogP contribution in [0.3, 0.4) is 0 Å². The number of benzene rings is 1. The zero-order chi connectivity index (χ0) is 26.2. The Morgan fingerprint density at radius 1 is 1.08 bits per heavy atom. The molecule has 9 heteroatoms. The lowest BCUT2D eigenvalue weighted by atomic mass is 10.0. The number of rotatable bonds is 6. The third-order valence-electron chi connectivity index (χ3n) is 6.88. The number of hydrogen-bond acceptors (Lipinski definition) is 6. The minimum atomic E-state index is -0.272. The number of H-pyrrole nitrogens is 1. The smallest absolute Gasteiger partial charge is 0.268 e. The molecule has 0 bridgehead atoms. The number of carbonyl (C=O) groups is 2. The second kappa shape index (κ2) is 9.59. The zero-order valence-corrected chi connectivity index (χ0v) is 21.1. The number of hydrogen-bond donors (Lipinski definition) is 2. The largest absolute Gasteiger partial charge is 0.444 e. The first-order chi connectivity index (χ1) is 18.5. The van der Waals surface area contributed by atoms with Crippen LogP contribution in [0.25, 0.3) is 33.3 Å². The van der Waals surface area contributed by atoms with Gasteiger partial charge in [0.1, 0.15) is 17.1 Å². The average Bonchev–Trinajstić information content (AvgIpc) is 3.65. The van der Waals surface area contributed by atoms with Gasteiger partial charge in [0.15, 0.2) is 0 Å². The summed E-state index contributed by atoms with van der Waals surface area (Å²) in [6, 6.07) is 13.8. The van der Waals surface area contributed by atoms with Gasteiger partial charge in [0, 0.05) is 53.8 Å². The molecule has 0 radical (unpaired) electrons. The summed E-state index contributed by atoms with van der Waals surface area (Å²) in [5, 5.41) is 3.66. The van der Waals surface area contributed by atoms with Crippen molar-refractivity contribution in [1.29, 1.82) is 0 Å². The predicted octanol–water partition coefficient (Wildman–Crippen LogP) is 4.95. The molecule has 0 spiro atoms. The highest BCUT2D eigenvalue weighted by molar-refractivity contribution is 6.02. The molecule has 1 fully saturated rings. The lowest BCUT2D eigenvalue weighted by Crippen LogP contribution is -2.23. The highest BCUT2D eigenvalue weighted by atomic mass is 16.4. The van der Waals surface area contributed by atoms with Crippen molar-refractivity contribution in [3.63, 3.8) is 0 Å². The van der Waals surface area contributed by atoms with Crippen LogP contribution in [0.15, 0.2) is 65.5 Å². The van der Waals surface area contributed by atoms with Gasteiger partial charge in [-0.05, 0) is 61.7 Å². The van der Waals surface area contributed by atoms with Crippen LogP contribution in [0.1, 0.15) is 40.7 Å². The SMILES string of the molecule is Cc1nc(CNC(=O)c2cc3c(-c4cncc(-c5ccc(N6CCCC6=O)cc5)c4)ccnc3[nH]2)oc1C. The van der Waals surface area contributed by atoms with Gasteiger partial charge in [-0.1, -0.05) is 12.1 Å². The summed E-state index contributed by atoms with van der Waals surface area (Å²) in [7, 11) is 0. The van der Waals surface area contributed by atoms with Crippen molar-refractivity contribution in [2.75, 3.05) is 11.4 Å². The summed E-state index contributed by atoms with van der Waals surface area (Å²) in [6.45, 7) is 4.67. The van der Waals surface area contributed by atoms with Crippen molar-refractivity contribution in [3.8, 4) is 22.3 Å². The van der Waals surface area contributed by atoms with E-state index in [1.165, 1.54) is 0 Å². The third kappa shape index (κ3) is 4.43. The van der Waals surface area contributed by atoms with Gasteiger partial charge < -0.3 is 19.6 Å². The quantitative estimate of drug-likeness (QED) is 0.336. The van der Waals surface area contributed by atoms with E-state index in [9.17, 15) is 9.59 Å². The molecular weight excluding hydrogens is 480 g/mol. The molecule has 0 aliphatic carbocycles. The van der Waals surface area contributed by atoms with Gasteiger partial charge in [-0.2, -0.15) is 0 Å². The van der Waals surface area contributed by atoms with Gasteiger partial charge in [0.2, 0.25) is 11.8 Å². The molecule has 190 valence electrons. The topological polar surface area (TPSA) is 117 Å². The summed E-state index contributed by atoms with van der Waals surface area (Å²) >= 11 is 0. The van der Waals surface area contributed by atoms with Crippen LogP contribution in [0.5, 0.6) is 0 Å². The summed E-state index contributed by atoms with van der Waals surface area (Å²) in [5.74, 6) is 1.10. The first-order valence-corrected chi connectivity index (χ1v) is 12.5. The van der Waals surface area contributed by atoms with E-state index in [-0.39, 0.29) is 18.4 Å². The number of fused-ring (bicyclic) bond motifs is 1. The minimum Gasteiger partial charge on any atom is -0.444 e. The summed E-state index contributed by atoms with van der Waals surface area (Å²) in [4.78, 5) is 43.1. The Bertz CT molecular complexity index is 1650. The second-order valence-corrected chi connectivity index (χ2v) is 9.39. The molecule has 2 N–H and O–H groups in total. The maximum absolute atomic E-state index is 12.8. The number of anilines is 1. The van der Waals surface area contributed by atoms with Crippen molar-refractivity contribution >= 4 is 28.5 Å². The molecule has 1 aliphatic rings. The van der Waals surface area contributed by atoms with Crippen molar-refractivity contribution in [2.45, 2.75) is 33.2 Å². The molecule has 9 nitrogen and oxygen atoms in total. The first kappa shape index (κ1) is 23.6. The standard InChI is InChI=1S/C29H26N6O3/c1-17-18(2)38-26(33-17)16-32-29(37)25-13-24-23(9-10-31-28(24)34-25)21-12-20(14-30-15-21)19-5-7-22(8-6-19)35-11-3-4-27(35)36/h5-10,12-15H,3-4,11,16H2,1-2H3,(H,31,34)(H,32,37). The first-order valence-electron chi connectivity index (χ1n) is 12.5. The molecule has 0 saturated carbocycles. The van der Waals surface area contributed by atoms with E-state index in [1.54, 1.807) is 18.5 Å². The molecule has 0 unspecified atom stereocenters. The maximum Gasteiger partial charge on any atom is 0.268 e. The molecular formula is C29H26N6O3. The Balaban J connectivity index is 1.25. The Hall–Kier alpha value is -4.79. The van der Waals surface area contributed by atoms with Crippen LogP contribution in [0, 0.1) is 13.8 Å². The number of carbonyl (C=O) groups excluding carboxylic acids is 2. The van der Waals surface area contributed by atoms with Crippen LogP contribution < -0.4 is 10.2 Å². The number of aromatic amines is 1. The van der Waals surface area contributed by atoms with Crippen LogP contribution in [0.4, 0.5) is 5.69 Å². The highest BCUT2D eigenvalue weighted by Gasteiger charge is 2.21. The fourth-order valence-corrected chi connectivity index (χ4v) is 4.77. The Morgan fingerprint density at radius 2 is 1.89 bits per heavy atom. The lowest BCUT2D eigenvalue weighted by molar-refractivity contribution is -0.117. The molecule has 6 rings (SSSR count). The number of aromatic nitrogens is 4. The van der Waals surface area contributed by atoms with Crippen molar-refractivity contribution in [1.82, 2.24) is 25.3 Å². The number of oxazole rings is 1. The normalized spacial score (nSPS) is 13.4. The number of amides is 2. The Kier molecular flexibility index (Phi) is 5.95. The van der Waals surface area contributed by atoms with Crippen LogP contribution in [-0.4, -0.2) is 38.3 Å². The fourth-order valence-electron chi connectivity index (χ4n) is 4.77. The van der Waals surface area contributed by atoms with Crippen LogP contribution in [-0.2, 0) is 11.3 Å². The lowest BCUT2D eigenvalue weighted by Gasteiger charge is -2.16. The molecule has 5 aromatic rings. The van der Waals surface area contributed by atoms with E-state index in [0.29, 0.717) is 23.7 Å². The molecule has 2 amide bonds. The minimum absolute atomic E-state index is 0.172. The van der Waals surface area contributed by atoms with E-state index in [0.717, 1.165) is 57.7 Å². The summed E-state index contributed by atoms with van der Waals surface area (Å²) < 4.78 is 5.55. The molecule has 0 atom stereocenters. The zero-order valence-electron chi connectivity index (χ0n) is 21.1. The summed E-state index contributed by atoms with van der Waals surface area (Å²) in [5.41, 5.74) is 6.52. The molecule has 1 aromatic carbocycles. The number of nitrogens with one attached hydrogen (secondary N) is 2.